The molecule has 0 bridgehead atoms. The lowest BCUT2D eigenvalue weighted by Crippen LogP contribution is -2.40. The van der Waals surface area contributed by atoms with Crippen LogP contribution in [0, 0.1) is 0 Å². The summed E-state index contributed by atoms with van der Waals surface area (Å²) in [7, 11) is 0. The molecule has 1 aromatic carbocycles. The van der Waals surface area contributed by atoms with E-state index in [0.717, 1.165) is 16.5 Å². The highest BCUT2D eigenvalue weighted by molar-refractivity contribution is 5.81. The van der Waals surface area contributed by atoms with Gasteiger partial charge in [-0.15, -0.1) is 0 Å². The average molecular weight is 190 g/mol. The molecule has 0 radical (unpaired) electrons. The van der Waals surface area contributed by atoms with Crippen molar-refractivity contribution >= 4 is 11.0 Å². The van der Waals surface area contributed by atoms with Crippen LogP contribution in [0.15, 0.2) is 34.9 Å². The molecule has 1 heterocycles. The van der Waals surface area contributed by atoms with Gasteiger partial charge in [-0.05, 0) is 13.0 Å². The predicted molar refractivity (Wildman–Crippen MR) is 56.8 cm³/mol. The van der Waals surface area contributed by atoms with Crippen molar-refractivity contribution in [1.29, 1.82) is 0 Å². The fourth-order valence-electron chi connectivity index (χ4n) is 1.53. The van der Waals surface area contributed by atoms with Crippen molar-refractivity contribution in [3.05, 3.63) is 36.1 Å². The van der Waals surface area contributed by atoms with Crippen molar-refractivity contribution in [2.45, 2.75) is 12.5 Å². The number of para-hydroxylation sites is 1. The summed E-state index contributed by atoms with van der Waals surface area (Å²) in [4.78, 5) is 0. The van der Waals surface area contributed by atoms with Crippen LogP contribution in [0.1, 0.15) is 12.5 Å². The molecule has 14 heavy (non-hydrogen) atoms. The van der Waals surface area contributed by atoms with Crippen molar-refractivity contribution in [3.63, 3.8) is 0 Å². The van der Waals surface area contributed by atoms with Gasteiger partial charge in [0, 0.05) is 17.5 Å². The summed E-state index contributed by atoms with van der Waals surface area (Å²) in [6.45, 7) is 2.31. The van der Waals surface area contributed by atoms with Crippen LogP contribution in [0.4, 0.5) is 0 Å². The van der Waals surface area contributed by atoms with E-state index in [-0.39, 0.29) is 0 Å². The first-order valence-corrected chi connectivity index (χ1v) is 4.61. The highest BCUT2D eigenvalue weighted by Gasteiger charge is 2.23. The molecule has 2 rings (SSSR count). The van der Waals surface area contributed by atoms with Crippen LogP contribution in [-0.4, -0.2) is 6.54 Å². The molecule has 1 aromatic heterocycles. The third kappa shape index (κ3) is 1.31. The van der Waals surface area contributed by atoms with E-state index >= 15 is 0 Å². The lowest BCUT2D eigenvalue weighted by molar-refractivity contribution is 0.497. The number of rotatable bonds is 2. The van der Waals surface area contributed by atoms with Crippen molar-refractivity contribution in [1.82, 2.24) is 0 Å². The number of nitrogens with two attached hydrogens (primary N) is 2. The van der Waals surface area contributed by atoms with Gasteiger partial charge in [-0.25, -0.2) is 0 Å². The Bertz CT molecular complexity index is 445. The van der Waals surface area contributed by atoms with Gasteiger partial charge < -0.3 is 15.9 Å². The second-order valence-electron chi connectivity index (χ2n) is 3.77. The molecule has 0 amide bonds. The maximum absolute atomic E-state index is 6.06. The minimum atomic E-state index is -0.521. The molecule has 1 atom stereocenters. The van der Waals surface area contributed by atoms with E-state index in [4.69, 9.17) is 15.9 Å². The van der Waals surface area contributed by atoms with Crippen LogP contribution in [0.25, 0.3) is 11.0 Å². The quantitative estimate of drug-likeness (QED) is 0.755. The van der Waals surface area contributed by atoms with E-state index in [2.05, 4.69) is 0 Å². The monoisotopic (exact) mass is 190 g/mol. The van der Waals surface area contributed by atoms with Gasteiger partial charge in [0.25, 0.3) is 0 Å². The minimum Gasteiger partial charge on any atom is -0.464 e. The van der Waals surface area contributed by atoms with Gasteiger partial charge in [-0.2, -0.15) is 0 Å². The van der Waals surface area contributed by atoms with Gasteiger partial charge >= 0.3 is 0 Å². The Kier molecular flexibility index (Phi) is 2.06. The van der Waals surface area contributed by atoms with Gasteiger partial charge in [0.05, 0.1) is 11.8 Å². The Labute approximate surface area is 82.7 Å². The molecule has 3 nitrogen and oxygen atoms in total. The van der Waals surface area contributed by atoms with E-state index < -0.39 is 5.54 Å². The highest BCUT2D eigenvalue weighted by Crippen LogP contribution is 2.27. The van der Waals surface area contributed by atoms with Crippen LogP contribution in [0.5, 0.6) is 0 Å². The Balaban J connectivity index is 2.64. The average Bonchev–Trinajstić information content (AvgIpc) is 2.61. The minimum absolute atomic E-state index is 0.399. The van der Waals surface area contributed by atoms with Crippen molar-refractivity contribution in [2.75, 3.05) is 6.54 Å². The first-order chi connectivity index (χ1) is 6.65. The maximum atomic E-state index is 6.06. The number of hydrogen-bond donors (Lipinski definition) is 2. The van der Waals surface area contributed by atoms with E-state index in [9.17, 15) is 0 Å². The summed E-state index contributed by atoms with van der Waals surface area (Å²) < 4.78 is 5.40. The van der Waals surface area contributed by atoms with Gasteiger partial charge in [0.15, 0.2) is 0 Å². The van der Waals surface area contributed by atoms with Crippen LogP contribution in [-0.2, 0) is 5.54 Å². The van der Waals surface area contributed by atoms with E-state index in [1.807, 2.05) is 31.2 Å². The second kappa shape index (κ2) is 3.12. The molecule has 0 saturated carbocycles. The summed E-state index contributed by atoms with van der Waals surface area (Å²) >= 11 is 0. The number of fused-ring (bicyclic) bond motifs is 1. The smallest absolute Gasteiger partial charge is 0.134 e. The zero-order valence-electron chi connectivity index (χ0n) is 8.16. The Morgan fingerprint density at radius 3 is 2.79 bits per heavy atom. The second-order valence-corrected chi connectivity index (χ2v) is 3.77. The summed E-state index contributed by atoms with van der Waals surface area (Å²) in [6, 6.07) is 7.82. The summed E-state index contributed by atoms with van der Waals surface area (Å²) in [5.41, 5.74) is 13.0. The topological polar surface area (TPSA) is 65.2 Å². The SMILES string of the molecule is CC(N)(CN)c1coc2ccccc12. The molecular formula is C11H14N2O. The third-order valence-electron chi connectivity index (χ3n) is 2.52. The molecule has 1 unspecified atom stereocenters. The van der Waals surface area contributed by atoms with Gasteiger partial charge in [-0.1, -0.05) is 18.2 Å². The Morgan fingerprint density at radius 1 is 1.36 bits per heavy atom. The normalized spacial score (nSPS) is 15.6. The molecule has 0 aliphatic heterocycles. The van der Waals surface area contributed by atoms with E-state index in [1.54, 1.807) is 6.26 Å². The zero-order chi connectivity index (χ0) is 10.2. The zero-order valence-corrected chi connectivity index (χ0v) is 8.16. The number of benzene rings is 1. The van der Waals surface area contributed by atoms with Crippen LogP contribution >= 0.6 is 0 Å². The van der Waals surface area contributed by atoms with E-state index in [0.29, 0.717) is 6.54 Å². The van der Waals surface area contributed by atoms with Crippen molar-refractivity contribution in [2.24, 2.45) is 11.5 Å². The summed E-state index contributed by atoms with van der Waals surface area (Å²) in [6.07, 6.45) is 1.69. The first kappa shape index (κ1) is 9.24. The molecule has 3 heteroatoms. The highest BCUT2D eigenvalue weighted by atomic mass is 16.3. The summed E-state index contributed by atoms with van der Waals surface area (Å²) in [5.74, 6) is 0. The van der Waals surface area contributed by atoms with Gasteiger partial charge in [-0.3, -0.25) is 0 Å². The number of hydrogen-bond acceptors (Lipinski definition) is 3. The van der Waals surface area contributed by atoms with Crippen LogP contribution in [0.3, 0.4) is 0 Å². The molecule has 74 valence electrons. The molecule has 4 N–H and O–H groups in total. The Hall–Kier alpha value is -1.32. The molecule has 0 aliphatic carbocycles. The molecular weight excluding hydrogens is 176 g/mol. The largest absolute Gasteiger partial charge is 0.464 e. The van der Waals surface area contributed by atoms with Gasteiger partial charge in [0.2, 0.25) is 0 Å². The first-order valence-electron chi connectivity index (χ1n) is 4.61. The fourth-order valence-corrected chi connectivity index (χ4v) is 1.53. The number of furan rings is 1. The molecule has 0 saturated heterocycles. The van der Waals surface area contributed by atoms with Crippen molar-refractivity contribution in [3.8, 4) is 0 Å². The third-order valence-corrected chi connectivity index (χ3v) is 2.52. The predicted octanol–water partition coefficient (Wildman–Crippen LogP) is 1.57. The van der Waals surface area contributed by atoms with Gasteiger partial charge in [0.1, 0.15) is 5.58 Å². The standard InChI is InChI=1S/C11H14N2O/c1-11(13,7-12)9-6-14-10-5-3-2-4-8(9)10/h2-6H,7,12-13H2,1H3. The fraction of sp³-hybridized carbons (Fsp3) is 0.273. The summed E-state index contributed by atoms with van der Waals surface area (Å²) in [5, 5.41) is 1.04. The maximum Gasteiger partial charge on any atom is 0.134 e. The van der Waals surface area contributed by atoms with Crippen LogP contribution < -0.4 is 11.5 Å². The van der Waals surface area contributed by atoms with Crippen molar-refractivity contribution < 1.29 is 4.42 Å². The molecule has 0 fully saturated rings. The lowest BCUT2D eigenvalue weighted by atomic mass is 9.93. The molecule has 2 aromatic rings. The Morgan fingerprint density at radius 2 is 2.07 bits per heavy atom. The molecule has 0 spiro atoms. The van der Waals surface area contributed by atoms with E-state index in [1.165, 1.54) is 0 Å². The lowest BCUT2D eigenvalue weighted by Gasteiger charge is -2.20. The molecule has 0 aliphatic rings. The van der Waals surface area contributed by atoms with Crippen LogP contribution in [0.2, 0.25) is 0 Å².